The zero-order chi connectivity index (χ0) is 14.0. The number of hydrogen-bond acceptors (Lipinski definition) is 4. The van der Waals surface area contributed by atoms with Crippen LogP contribution < -0.4 is 10.2 Å². The van der Waals surface area contributed by atoms with Crippen LogP contribution in [0.1, 0.15) is 25.5 Å². The highest BCUT2D eigenvalue weighted by atomic mass is 79.9. The van der Waals surface area contributed by atoms with Gasteiger partial charge >= 0.3 is 0 Å². The molecule has 4 nitrogen and oxygen atoms in total. The van der Waals surface area contributed by atoms with Crippen molar-refractivity contribution in [2.45, 2.75) is 32.1 Å². The van der Waals surface area contributed by atoms with Gasteiger partial charge in [-0.2, -0.15) is 0 Å². The molecule has 1 saturated heterocycles. The van der Waals surface area contributed by atoms with Crippen LogP contribution in [-0.4, -0.2) is 42.1 Å². The molecule has 3 atom stereocenters. The van der Waals surface area contributed by atoms with Gasteiger partial charge in [0.1, 0.15) is 0 Å². The van der Waals surface area contributed by atoms with Crippen LogP contribution in [0.25, 0.3) is 0 Å². The Balaban J connectivity index is 2.30. The van der Waals surface area contributed by atoms with E-state index in [1.807, 2.05) is 17.0 Å². The lowest BCUT2D eigenvalue weighted by atomic mass is 10.1. The van der Waals surface area contributed by atoms with E-state index in [2.05, 4.69) is 41.2 Å². The van der Waals surface area contributed by atoms with Gasteiger partial charge in [-0.1, -0.05) is 28.9 Å². The second-order valence-electron chi connectivity index (χ2n) is 5.02. The van der Waals surface area contributed by atoms with Crippen molar-refractivity contribution in [2.75, 3.05) is 24.5 Å². The van der Waals surface area contributed by atoms with Crippen molar-refractivity contribution in [3.05, 3.63) is 28.2 Å². The largest absolute Gasteiger partial charge is 0.389 e. The van der Waals surface area contributed by atoms with E-state index in [1.54, 1.807) is 0 Å². The lowest BCUT2D eigenvalue weighted by molar-refractivity contribution is 0.0572. The number of aliphatic hydroxyl groups is 2. The van der Waals surface area contributed by atoms with Crippen LogP contribution in [0.3, 0.4) is 0 Å². The lowest BCUT2D eigenvalue weighted by Gasteiger charge is -2.25. The fourth-order valence-electron chi connectivity index (χ4n) is 2.54. The summed E-state index contributed by atoms with van der Waals surface area (Å²) in [5, 5.41) is 22.8. The van der Waals surface area contributed by atoms with Gasteiger partial charge in [0.2, 0.25) is 0 Å². The predicted octanol–water partition coefficient (Wildman–Crippen LogP) is 1.66. The van der Waals surface area contributed by atoms with Crippen LogP contribution in [0.4, 0.5) is 5.69 Å². The van der Waals surface area contributed by atoms with Gasteiger partial charge in [0.15, 0.2) is 0 Å². The van der Waals surface area contributed by atoms with Crippen molar-refractivity contribution in [3.63, 3.8) is 0 Å². The standard InChI is InChI=1S/C14H21BrN2O2/c1-3-16-9(2)11-5-4-10(15)6-12(11)17-7-13(18)14(19)8-17/h4-6,9,13-14,16,18-19H,3,7-8H2,1-2H3. The van der Waals surface area contributed by atoms with E-state index >= 15 is 0 Å². The molecule has 0 saturated carbocycles. The molecule has 1 aromatic carbocycles. The first-order chi connectivity index (χ1) is 9.02. The van der Waals surface area contributed by atoms with Crippen molar-refractivity contribution < 1.29 is 10.2 Å². The molecule has 0 spiro atoms. The monoisotopic (exact) mass is 328 g/mol. The molecule has 19 heavy (non-hydrogen) atoms. The van der Waals surface area contributed by atoms with E-state index in [9.17, 15) is 10.2 Å². The highest BCUT2D eigenvalue weighted by molar-refractivity contribution is 9.10. The molecule has 5 heteroatoms. The number of halogens is 1. The van der Waals surface area contributed by atoms with E-state index in [1.165, 1.54) is 5.56 Å². The van der Waals surface area contributed by atoms with Crippen molar-refractivity contribution in [2.24, 2.45) is 0 Å². The van der Waals surface area contributed by atoms with Gasteiger partial charge in [-0.15, -0.1) is 0 Å². The van der Waals surface area contributed by atoms with E-state index in [4.69, 9.17) is 0 Å². The summed E-state index contributed by atoms with van der Waals surface area (Å²) in [4.78, 5) is 2.04. The van der Waals surface area contributed by atoms with Gasteiger partial charge in [0, 0.05) is 29.3 Å². The van der Waals surface area contributed by atoms with Crippen LogP contribution in [0.15, 0.2) is 22.7 Å². The smallest absolute Gasteiger partial charge is 0.0990 e. The number of hydrogen-bond donors (Lipinski definition) is 3. The summed E-state index contributed by atoms with van der Waals surface area (Å²) in [6.07, 6.45) is -1.33. The molecule has 0 aliphatic carbocycles. The first-order valence-electron chi connectivity index (χ1n) is 6.66. The Bertz CT molecular complexity index is 431. The van der Waals surface area contributed by atoms with Crippen LogP contribution >= 0.6 is 15.9 Å². The number of anilines is 1. The van der Waals surface area contributed by atoms with Crippen molar-refractivity contribution >= 4 is 21.6 Å². The average Bonchev–Trinajstić information content (AvgIpc) is 2.69. The predicted molar refractivity (Wildman–Crippen MR) is 80.5 cm³/mol. The van der Waals surface area contributed by atoms with Gasteiger partial charge in [-0.3, -0.25) is 0 Å². The Morgan fingerprint density at radius 3 is 2.58 bits per heavy atom. The molecule has 0 bridgehead atoms. The Kier molecular flexibility index (Phi) is 4.84. The van der Waals surface area contributed by atoms with Crippen LogP contribution in [0.5, 0.6) is 0 Å². The minimum atomic E-state index is -0.665. The number of aliphatic hydroxyl groups excluding tert-OH is 2. The minimum absolute atomic E-state index is 0.239. The first-order valence-corrected chi connectivity index (χ1v) is 7.46. The molecule has 1 aliphatic rings. The molecular formula is C14H21BrN2O2. The van der Waals surface area contributed by atoms with E-state index in [-0.39, 0.29) is 6.04 Å². The maximum atomic E-state index is 9.71. The fraction of sp³-hybridized carbons (Fsp3) is 0.571. The summed E-state index contributed by atoms with van der Waals surface area (Å²) >= 11 is 3.49. The highest BCUT2D eigenvalue weighted by Crippen LogP contribution is 2.32. The molecule has 0 aromatic heterocycles. The maximum Gasteiger partial charge on any atom is 0.0990 e. The summed E-state index contributed by atoms with van der Waals surface area (Å²) in [7, 11) is 0. The Morgan fingerprint density at radius 2 is 2.00 bits per heavy atom. The second kappa shape index (κ2) is 6.22. The summed E-state index contributed by atoms with van der Waals surface area (Å²) in [5.41, 5.74) is 2.25. The van der Waals surface area contributed by atoms with E-state index < -0.39 is 12.2 Å². The number of benzene rings is 1. The molecule has 1 aliphatic heterocycles. The SMILES string of the molecule is CCNC(C)c1ccc(Br)cc1N1CC(O)C(O)C1. The third-order valence-electron chi connectivity index (χ3n) is 3.57. The zero-order valence-electron chi connectivity index (χ0n) is 11.3. The normalized spacial score (nSPS) is 24.8. The van der Waals surface area contributed by atoms with Gasteiger partial charge in [0.05, 0.1) is 12.2 Å². The quantitative estimate of drug-likeness (QED) is 0.786. The van der Waals surface area contributed by atoms with E-state index in [0.29, 0.717) is 13.1 Å². The number of nitrogens with one attached hydrogen (secondary N) is 1. The molecular weight excluding hydrogens is 308 g/mol. The molecule has 0 radical (unpaired) electrons. The average molecular weight is 329 g/mol. The molecule has 106 valence electrons. The molecule has 2 rings (SSSR count). The van der Waals surface area contributed by atoms with Gasteiger partial charge in [-0.05, 0) is 31.2 Å². The summed E-state index contributed by atoms with van der Waals surface area (Å²) < 4.78 is 1.01. The fourth-order valence-corrected chi connectivity index (χ4v) is 2.89. The number of rotatable bonds is 4. The van der Waals surface area contributed by atoms with Gasteiger partial charge in [0.25, 0.3) is 0 Å². The topological polar surface area (TPSA) is 55.7 Å². The molecule has 1 heterocycles. The molecule has 0 amide bonds. The molecule has 3 unspecified atom stereocenters. The summed E-state index contributed by atoms with van der Waals surface area (Å²) in [5.74, 6) is 0. The van der Waals surface area contributed by atoms with Gasteiger partial charge < -0.3 is 20.4 Å². The van der Waals surface area contributed by atoms with Crippen LogP contribution in [0.2, 0.25) is 0 Å². The molecule has 1 fully saturated rings. The maximum absolute atomic E-state index is 9.71. The van der Waals surface area contributed by atoms with E-state index in [0.717, 1.165) is 16.7 Å². The number of β-amino-alcohol motifs (C(OH)–C–C–N with tert-alkyl or cyclic N) is 2. The van der Waals surface area contributed by atoms with Crippen molar-refractivity contribution in [3.8, 4) is 0 Å². The minimum Gasteiger partial charge on any atom is -0.389 e. The summed E-state index contributed by atoms with van der Waals surface area (Å²) in [6, 6.07) is 6.40. The Morgan fingerprint density at radius 1 is 1.37 bits per heavy atom. The first kappa shape index (κ1) is 14.8. The highest BCUT2D eigenvalue weighted by Gasteiger charge is 2.31. The lowest BCUT2D eigenvalue weighted by Crippen LogP contribution is -2.25. The van der Waals surface area contributed by atoms with Crippen LogP contribution in [0, 0.1) is 0 Å². The summed E-state index contributed by atoms with van der Waals surface area (Å²) in [6.45, 7) is 6.06. The molecule has 1 aromatic rings. The third kappa shape index (κ3) is 3.28. The Hall–Kier alpha value is -0.620. The molecule has 3 N–H and O–H groups in total. The third-order valence-corrected chi connectivity index (χ3v) is 4.06. The van der Waals surface area contributed by atoms with Crippen molar-refractivity contribution in [1.82, 2.24) is 5.32 Å². The number of nitrogens with zero attached hydrogens (tertiary/aromatic N) is 1. The van der Waals surface area contributed by atoms with Crippen LogP contribution in [-0.2, 0) is 0 Å². The Labute approximate surface area is 122 Å². The zero-order valence-corrected chi connectivity index (χ0v) is 12.9. The van der Waals surface area contributed by atoms with Crippen molar-refractivity contribution in [1.29, 1.82) is 0 Å². The second-order valence-corrected chi connectivity index (χ2v) is 5.94. The van der Waals surface area contributed by atoms with Gasteiger partial charge in [-0.25, -0.2) is 0 Å².